The second-order valence-corrected chi connectivity index (χ2v) is 5.92. The van der Waals surface area contributed by atoms with Crippen LogP contribution < -0.4 is 5.32 Å². The topological polar surface area (TPSA) is 41.6 Å². The maximum atomic E-state index is 11.8. The molecular weight excluding hydrogens is 240 g/mol. The van der Waals surface area contributed by atoms with Crippen LogP contribution in [0.5, 0.6) is 0 Å². The first-order valence-electron chi connectivity index (χ1n) is 7.54. The van der Waals surface area contributed by atoms with Crippen LogP contribution in [0.3, 0.4) is 0 Å². The maximum Gasteiger partial charge on any atom is 0.322 e. The minimum absolute atomic E-state index is 0.125. The Morgan fingerprint density at radius 2 is 2.00 bits per heavy atom. The summed E-state index contributed by atoms with van der Waals surface area (Å²) in [6, 6.07) is -0.151. The monoisotopic (exact) mass is 270 g/mol. The van der Waals surface area contributed by atoms with Crippen LogP contribution in [0.2, 0.25) is 0 Å². The van der Waals surface area contributed by atoms with E-state index >= 15 is 0 Å². The number of hydrogen-bond donors (Lipinski definition) is 1. The second kappa shape index (κ2) is 7.85. The molecule has 112 valence electrons. The molecule has 1 rings (SSSR count). The summed E-state index contributed by atoms with van der Waals surface area (Å²) >= 11 is 0. The number of methoxy groups -OCH3 is 1. The zero-order valence-corrected chi connectivity index (χ0v) is 13.0. The van der Waals surface area contributed by atoms with Gasteiger partial charge in [-0.3, -0.25) is 4.79 Å². The lowest BCUT2D eigenvalue weighted by atomic mass is 9.95. The predicted molar refractivity (Wildman–Crippen MR) is 78.2 cm³/mol. The summed E-state index contributed by atoms with van der Waals surface area (Å²) in [4.78, 5) is 14.1. The molecule has 1 aliphatic carbocycles. The molecule has 1 N–H and O–H groups in total. The first kappa shape index (κ1) is 16.4. The largest absolute Gasteiger partial charge is 0.468 e. The fraction of sp³-hybridized carbons (Fsp3) is 0.933. The van der Waals surface area contributed by atoms with Gasteiger partial charge in [0.25, 0.3) is 0 Å². The molecule has 0 aromatic carbocycles. The van der Waals surface area contributed by atoms with Crippen molar-refractivity contribution in [1.82, 2.24) is 10.2 Å². The third-order valence-corrected chi connectivity index (χ3v) is 4.49. The number of carbonyl (C=O) groups excluding carboxylic acids is 1. The van der Waals surface area contributed by atoms with Crippen molar-refractivity contribution in [1.29, 1.82) is 0 Å². The summed E-state index contributed by atoms with van der Waals surface area (Å²) in [6.07, 6.45) is 8.04. The number of likely N-dealkylation sites (N-methyl/N-ethyl adjacent to an activating group) is 1. The van der Waals surface area contributed by atoms with Crippen LogP contribution >= 0.6 is 0 Å². The fourth-order valence-corrected chi connectivity index (χ4v) is 2.98. The Morgan fingerprint density at radius 3 is 2.47 bits per heavy atom. The van der Waals surface area contributed by atoms with E-state index in [1.54, 1.807) is 0 Å². The van der Waals surface area contributed by atoms with Gasteiger partial charge in [0.15, 0.2) is 0 Å². The van der Waals surface area contributed by atoms with E-state index in [1.165, 1.54) is 32.8 Å². The van der Waals surface area contributed by atoms with Gasteiger partial charge in [0.2, 0.25) is 0 Å². The van der Waals surface area contributed by atoms with Crippen LogP contribution in [0.25, 0.3) is 0 Å². The zero-order valence-electron chi connectivity index (χ0n) is 13.0. The molecular formula is C15H30N2O2. The van der Waals surface area contributed by atoms with Gasteiger partial charge < -0.3 is 15.0 Å². The molecule has 0 aromatic heterocycles. The quantitative estimate of drug-likeness (QED) is 0.686. The van der Waals surface area contributed by atoms with Gasteiger partial charge in [-0.1, -0.05) is 32.6 Å². The molecule has 0 saturated heterocycles. The van der Waals surface area contributed by atoms with E-state index in [-0.39, 0.29) is 17.6 Å². The van der Waals surface area contributed by atoms with E-state index in [9.17, 15) is 4.79 Å². The van der Waals surface area contributed by atoms with Gasteiger partial charge >= 0.3 is 5.97 Å². The van der Waals surface area contributed by atoms with Crippen LogP contribution in [-0.2, 0) is 9.53 Å². The van der Waals surface area contributed by atoms with Gasteiger partial charge in [-0.05, 0) is 33.4 Å². The molecule has 0 heterocycles. The Kier molecular flexibility index (Phi) is 6.80. The van der Waals surface area contributed by atoms with Crippen LogP contribution in [0, 0.1) is 0 Å². The van der Waals surface area contributed by atoms with Crippen LogP contribution in [-0.4, -0.2) is 50.2 Å². The van der Waals surface area contributed by atoms with Crippen LogP contribution in [0.1, 0.15) is 51.9 Å². The molecule has 0 spiro atoms. The average Bonchev–Trinajstić information content (AvgIpc) is 2.88. The molecule has 0 aromatic rings. The van der Waals surface area contributed by atoms with Crippen LogP contribution in [0.15, 0.2) is 0 Å². The summed E-state index contributed by atoms with van der Waals surface area (Å²) in [6.45, 7) is 3.02. The second-order valence-electron chi connectivity index (χ2n) is 5.92. The number of ether oxygens (including phenoxy) is 1. The summed E-state index contributed by atoms with van der Waals surface area (Å²) < 4.78 is 4.90. The van der Waals surface area contributed by atoms with Crippen molar-refractivity contribution in [3.05, 3.63) is 0 Å². The van der Waals surface area contributed by atoms with Crippen LogP contribution in [0.4, 0.5) is 0 Å². The van der Waals surface area contributed by atoms with E-state index in [4.69, 9.17) is 4.74 Å². The minimum atomic E-state index is -0.151. The Hall–Kier alpha value is -0.610. The highest BCUT2D eigenvalue weighted by atomic mass is 16.5. The SMILES string of the molecule is CCCCC(NCC1(N(C)C)CCCC1)C(=O)OC. The molecule has 19 heavy (non-hydrogen) atoms. The number of esters is 1. The lowest BCUT2D eigenvalue weighted by molar-refractivity contribution is -0.143. The van der Waals surface area contributed by atoms with Crippen molar-refractivity contribution in [2.45, 2.75) is 63.5 Å². The van der Waals surface area contributed by atoms with Gasteiger partial charge in [-0.2, -0.15) is 0 Å². The number of hydrogen-bond acceptors (Lipinski definition) is 4. The summed E-state index contributed by atoms with van der Waals surface area (Å²) in [5.41, 5.74) is 0.221. The maximum absolute atomic E-state index is 11.8. The van der Waals surface area contributed by atoms with Gasteiger partial charge in [-0.15, -0.1) is 0 Å². The van der Waals surface area contributed by atoms with Gasteiger partial charge in [0, 0.05) is 12.1 Å². The molecule has 1 unspecified atom stereocenters. The first-order valence-corrected chi connectivity index (χ1v) is 7.54. The molecule has 4 nitrogen and oxygen atoms in total. The van der Waals surface area contributed by atoms with E-state index in [0.717, 1.165) is 25.8 Å². The third-order valence-electron chi connectivity index (χ3n) is 4.49. The molecule has 1 fully saturated rings. The molecule has 0 amide bonds. The Labute approximate surface area is 117 Å². The molecule has 1 atom stereocenters. The first-order chi connectivity index (χ1) is 9.05. The Bertz CT molecular complexity index is 273. The predicted octanol–water partition coefficient (Wildman–Crippen LogP) is 2.18. The summed E-state index contributed by atoms with van der Waals surface area (Å²) in [5.74, 6) is -0.125. The van der Waals surface area contributed by atoms with Gasteiger partial charge in [-0.25, -0.2) is 0 Å². The lowest BCUT2D eigenvalue weighted by Gasteiger charge is -2.37. The van der Waals surface area contributed by atoms with Crippen molar-refractivity contribution in [3.63, 3.8) is 0 Å². The Morgan fingerprint density at radius 1 is 1.37 bits per heavy atom. The summed E-state index contributed by atoms with van der Waals surface area (Å²) in [5, 5.41) is 3.45. The minimum Gasteiger partial charge on any atom is -0.468 e. The molecule has 0 bridgehead atoms. The number of unbranched alkanes of at least 4 members (excludes halogenated alkanes) is 1. The van der Waals surface area contributed by atoms with E-state index in [1.807, 2.05) is 0 Å². The Balaban J connectivity index is 2.55. The normalized spacial score (nSPS) is 19.6. The van der Waals surface area contributed by atoms with E-state index < -0.39 is 0 Å². The zero-order chi connectivity index (χ0) is 14.3. The highest BCUT2D eigenvalue weighted by molar-refractivity contribution is 5.75. The highest BCUT2D eigenvalue weighted by Gasteiger charge is 2.36. The van der Waals surface area contributed by atoms with Gasteiger partial charge in [0.05, 0.1) is 7.11 Å². The average molecular weight is 270 g/mol. The van der Waals surface area contributed by atoms with E-state index in [2.05, 4.69) is 31.2 Å². The van der Waals surface area contributed by atoms with Crippen molar-refractivity contribution in [2.24, 2.45) is 0 Å². The molecule has 1 aliphatic rings. The van der Waals surface area contributed by atoms with Gasteiger partial charge in [0.1, 0.15) is 6.04 Å². The van der Waals surface area contributed by atoms with Crippen molar-refractivity contribution >= 4 is 5.97 Å². The molecule has 4 heteroatoms. The molecule has 0 radical (unpaired) electrons. The third kappa shape index (κ3) is 4.46. The molecule has 0 aliphatic heterocycles. The van der Waals surface area contributed by atoms with Crippen molar-refractivity contribution < 1.29 is 9.53 Å². The number of nitrogens with one attached hydrogen (secondary N) is 1. The lowest BCUT2D eigenvalue weighted by Crippen LogP contribution is -2.53. The number of carbonyl (C=O) groups is 1. The number of nitrogens with zero attached hydrogens (tertiary/aromatic N) is 1. The molecule has 1 saturated carbocycles. The van der Waals surface area contributed by atoms with E-state index in [0.29, 0.717) is 0 Å². The highest BCUT2D eigenvalue weighted by Crippen LogP contribution is 2.33. The standard InChI is InChI=1S/C15H30N2O2/c1-5-6-9-13(14(18)19-4)16-12-15(17(2)3)10-7-8-11-15/h13,16H,5-12H2,1-4H3. The fourth-order valence-electron chi connectivity index (χ4n) is 2.98. The number of rotatable bonds is 8. The smallest absolute Gasteiger partial charge is 0.322 e. The summed E-state index contributed by atoms with van der Waals surface area (Å²) in [7, 11) is 5.76. The van der Waals surface area contributed by atoms with Crippen molar-refractivity contribution in [2.75, 3.05) is 27.7 Å². The van der Waals surface area contributed by atoms with Crippen molar-refractivity contribution in [3.8, 4) is 0 Å².